The minimum atomic E-state index is -0.256. The Bertz CT molecular complexity index is 642. The summed E-state index contributed by atoms with van der Waals surface area (Å²) in [5.41, 5.74) is 2.21. The number of urea groups is 1. The van der Waals surface area contributed by atoms with E-state index < -0.39 is 0 Å². The Hall–Kier alpha value is -1.95. The first-order chi connectivity index (χ1) is 9.95. The Kier molecular flexibility index (Phi) is 4.90. The van der Waals surface area contributed by atoms with Crippen LogP contribution >= 0.6 is 11.3 Å². The summed E-state index contributed by atoms with van der Waals surface area (Å²) in [4.78, 5) is 17.9. The summed E-state index contributed by atoms with van der Waals surface area (Å²) in [7, 11) is 1.71. The van der Waals surface area contributed by atoms with Crippen LogP contribution in [0, 0.1) is 19.7 Å². The number of aryl methyl sites for hydroxylation is 2. The Morgan fingerprint density at radius 3 is 2.81 bits per heavy atom. The highest BCUT2D eigenvalue weighted by atomic mass is 32.1. The van der Waals surface area contributed by atoms with Gasteiger partial charge in [0.15, 0.2) is 0 Å². The summed E-state index contributed by atoms with van der Waals surface area (Å²) >= 11 is 1.56. The number of hydrogen-bond acceptors (Lipinski definition) is 3. The molecule has 4 nitrogen and oxygen atoms in total. The quantitative estimate of drug-likeness (QED) is 0.942. The molecule has 0 fully saturated rings. The Labute approximate surface area is 127 Å². The standard InChI is InChI=1S/C15H18FN3OS/c1-10-4-5-12(6-14(10)16)7-17-15(20)19(3)8-13-9-21-11(2)18-13/h4-6,9H,7-8H2,1-3H3,(H,17,20). The van der Waals surface area contributed by atoms with E-state index in [0.29, 0.717) is 18.7 Å². The van der Waals surface area contributed by atoms with E-state index in [2.05, 4.69) is 10.3 Å². The molecule has 0 bridgehead atoms. The largest absolute Gasteiger partial charge is 0.334 e. The number of thiazole rings is 1. The smallest absolute Gasteiger partial charge is 0.317 e. The lowest BCUT2D eigenvalue weighted by Gasteiger charge is -2.17. The van der Waals surface area contributed by atoms with E-state index in [1.807, 2.05) is 18.4 Å². The highest BCUT2D eigenvalue weighted by Crippen LogP contribution is 2.11. The van der Waals surface area contributed by atoms with Gasteiger partial charge in [0.25, 0.3) is 0 Å². The molecular weight excluding hydrogens is 289 g/mol. The van der Waals surface area contributed by atoms with Crippen LogP contribution in [0.2, 0.25) is 0 Å². The highest BCUT2D eigenvalue weighted by molar-refractivity contribution is 7.09. The van der Waals surface area contributed by atoms with Crippen LogP contribution < -0.4 is 5.32 Å². The van der Waals surface area contributed by atoms with Crippen LogP contribution in [0.5, 0.6) is 0 Å². The zero-order valence-corrected chi connectivity index (χ0v) is 13.1. The van der Waals surface area contributed by atoms with E-state index in [1.54, 1.807) is 36.3 Å². The third kappa shape index (κ3) is 4.26. The highest BCUT2D eigenvalue weighted by Gasteiger charge is 2.10. The number of carbonyl (C=O) groups is 1. The van der Waals surface area contributed by atoms with E-state index in [0.717, 1.165) is 16.3 Å². The SMILES string of the molecule is Cc1nc(CN(C)C(=O)NCc2ccc(C)c(F)c2)cs1. The van der Waals surface area contributed by atoms with Crippen LogP contribution in [-0.4, -0.2) is 23.0 Å². The van der Waals surface area contributed by atoms with Crippen molar-refractivity contribution in [3.63, 3.8) is 0 Å². The van der Waals surface area contributed by atoms with E-state index >= 15 is 0 Å². The number of halogens is 1. The van der Waals surface area contributed by atoms with Gasteiger partial charge >= 0.3 is 6.03 Å². The molecule has 0 aliphatic carbocycles. The molecular formula is C15H18FN3OS. The molecule has 21 heavy (non-hydrogen) atoms. The van der Waals surface area contributed by atoms with Crippen molar-refractivity contribution in [2.75, 3.05) is 7.05 Å². The zero-order chi connectivity index (χ0) is 15.4. The fourth-order valence-electron chi connectivity index (χ4n) is 1.85. The number of nitrogens with one attached hydrogen (secondary N) is 1. The Balaban J connectivity index is 1.87. The molecule has 1 N–H and O–H groups in total. The normalized spacial score (nSPS) is 10.5. The van der Waals surface area contributed by atoms with Crippen LogP contribution in [0.15, 0.2) is 23.6 Å². The molecule has 0 saturated carbocycles. The van der Waals surface area contributed by atoms with E-state index in [1.165, 1.54) is 6.07 Å². The van der Waals surface area contributed by atoms with Gasteiger partial charge in [0.1, 0.15) is 5.82 Å². The number of amides is 2. The van der Waals surface area contributed by atoms with Crippen molar-refractivity contribution in [3.8, 4) is 0 Å². The van der Waals surface area contributed by atoms with E-state index in [9.17, 15) is 9.18 Å². The van der Waals surface area contributed by atoms with Crippen molar-refractivity contribution < 1.29 is 9.18 Å². The van der Waals surface area contributed by atoms with Gasteiger partial charge in [-0.3, -0.25) is 0 Å². The molecule has 0 atom stereocenters. The summed E-state index contributed by atoms with van der Waals surface area (Å²) in [6.07, 6.45) is 0. The number of nitrogens with zero attached hydrogens (tertiary/aromatic N) is 2. The maximum absolute atomic E-state index is 13.4. The van der Waals surface area contributed by atoms with Crippen molar-refractivity contribution in [1.29, 1.82) is 0 Å². The van der Waals surface area contributed by atoms with Crippen molar-refractivity contribution in [2.45, 2.75) is 26.9 Å². The van der Waals surface area contributed by atoms with Crippen LogP contribution in [0.1, 0.15) is 21.8 Å². The molecule has 112 valence electrons. The number of carbonyl (C=O) groups excluding carboxylic acids is 1. The predicted molar refractivity (Wildman–Crippen MR) is 81.7 cm³/mol. The number of hydrogen-bond donors (Lipinski definition) is 1. The number of aromatic nitrogens is 1. The van der Waals surface area contributed by atoms with Gasteiger partial charge in [0.2, 0.25) is 0 Å². The molecule has 0 unspecified atom stereocenters. The minimum Gasteiger partial charge on any atom is -0.334 e. The molecule has 0 saturated heterocycles. The first-order valence-electron chi connectivity index (χ1n) is 6.60. The van der Waals surface area contributed by atoms with Gasteiger partial charge in [-0.05, 0) is 31.0 Å². The van der Waals surface area contributed by atoms with Crippen LogP contribution in [-0.2, 0) is 13.1 Å². The minimum absolute atomic E-state index is 0.207. The zero-order valence-electron chi connectivity index (χ0n) is 12.3. The van der Waals surface area contributed by atoms with E-state index in [-0.39, 0.29) is 11.8 Å². The summed E-state index contributed by atoms with van der Waals surface area (Å²) in [5.74, 6) is -0.256. The molecule has 1 aromatic heterocycles. The topological polar surface area (TPSA) is 45.2 Å². The summed E-state index contributed by atoms with van der Waals surface area (Å²) in [6.45, 7) is 4.40. The molecule has 0 aliphatic rings. The molecule has 1 aromatic carbocycles. The maximum Gasteiger partial charge on any atom is 0.317 e. The summed E-state index contributed by atoms with van der Waals surface area (Å²) < 4.78 is 13.4. The lowest BCUT2D eigenvalue weighted by molar-refractivity contribution is 0.206. The predicted octanol–water partition coefficient (Wildman–Crippen LogP) is 3.24. The molecule has 6 heteroatoms. The molecule has 0 spiro atoms. The second-order valence-electron chi connectivity index (χ2n) is 4.96. The maximum atomic E-state index is 13.4. The Morgan fingerprint density at radius 2 is 2.19 bits per heavy atom. The fourth-order valence-corrected chi connectivity index (χ4v) is 2.46. The number of rotatable bonds is 4. The van der Waals surface area contributed by atoms with Crippen LogP contribution in [0.4, 0.5) is 9.18 Å². The van der Waals surface area contributed by atoms with Crippen molar-refractivity contribution in [2.24, 2.45) is 0 Å². The lowest BCUT2D eigenvalue weighted by atomic mass is 10.1. The first-order valence-corrected chi connectivity index (χ1v) is 7.48. The molecule has 2 rings (SSSR count). The van der Waals surface area contributed by atoms with Gasteiger partial charge in [-0.25, -0.2) is 14.2 Å². The van der Waals surface area contributed by atoms with E-state index in [4.69, 9.17) is 0 Å². The average molecular weight is 307 g/mol. The second-order valence-corrected chi connectivity index (χ2v) is 6.02. The lowest BCUT2D eigenvalue weighted by Crippen LogP contribution is -2.36. The van der Waals surface area contributed by atoms with Crippen molar-refractivity contribution in [1.82, 2.24) is 15.2 Å². The third-order valence-electron chi connectivity index (χ3n) is 3.09. The summed E-state index contributed by atoms with van der Waals surface area (Å²) in [6, 6.07) is 4.75. The molecule has 0 aliphatic heterocycles. The second kappa shape index (κ2) is 6.67. The third-order valence-corrected chi connectivity index (χ3v) is 3.91. The van der Waals surface area contributed by atoms with Gasteiger partial charge in [0, 0.05) is 19.0 Å². The first kappa shape index (κ1) is 15.4. The molecule has 2 aromatic rings. The fraction of sp³-hybridized carbons (Fsp3) is 0.333. The van der Waals surface area contributed by atoms with Gasteiger partial charge in [-0.15, -0.1) is 11.3 Å². The van der Waals surface area contributed by atoms with Gasteiger partial charge < -0.3 is 10.2 Å². The van der Waals surface area contributed by atoms with Gasteiger partial charge in [-0.2, -0.15) is 0 Å². The van der Waals surface area contributed by atoms with Crippen LogP contribution in [0.3, 0.4) is 0 Å². The van der Waals surface area contributed by atoms with Crippen LogP contribution in [0.25, 0.3) is 0 Å². The monoisotopic (exact) mass is 307 g/mol. The van der Waals surface area contributed by atoms with Gasteiger partial charge in [-0.1, -0.05) is 12.1 Å². The number of benzene rings is 1. The van der Waals surface area contributed by atoms with Crippen molar-refractivity contribution >= 4 is 17.4 Å². The van der Waals surface area contributed by atoms with Gasteiger partial charge in [0.05, 0.1) is 17.2 Å². The molecule has 1 heterocycles. The molecule has 2 amide bonds. The average Bonchev–Trinajstić information content (AvgIpc) is 2.85. The van der Waals surface area contributed by atoms with Crippen molar-refractivity contribution in [3.05, 3.63) is 51.2 Å². The Morgan fingerprint density at radius 1 is 1.43 bits per heavy atom. The molecule has 0 radical (unpaired) electrons. The summed E-state index contributed by atoms with van der Waals surface area (Å²) in [5, 5.41) is 5.69.